The topological polar surface area (TPSA) is 96.0 Å². The van der Waals surface area contributed by atoms with Gasteiger partial charge >= 0.3 is 0 Å². The number of carboxylic acids is 1. The van der Waals surface area contributed by atoms with E-state index in [1.54, 1.807) is 0 Å². The van der Waals surface area contributed by atoms with Crippen LogP contribution in [0.25, 0.3) is 0 Å². The standard InChI is InChI=1S/C14H19NO6S/c1-20-12-7-6-10(9-13(12)21-2)22(18,19)15-8-4-3-5-11(15)14(16)17/h6-7,9,11H,3-5,8H2,1-2H3,(H,16,17)/p-1. The molecule has 0 amide bonds. The molecule has 122 valence electrons. The van der Waals surface area contributed by atoms with E-state index < -0.39 is 22.0 Å². The van der Waals surface area contributed by atoms with Crippen LogP contribution >= 0.6 is 0 Å². The molecule has 1 fully saturated rings. The van der Waals surface area contributed by atoms with E-state index in [9.17, 15) is 18.3 Å². The van der Waals surface area contributed by atoms with Gasteiger partial charge in [0.25, 0.3) is 0 Å². The third-order valence-electron chi connectivity index (χ3n) is 3.69. The molecule has 1 atom stereocenters. The predicted molar refractivity (Wildman–Crippen MR) is 76.1 cm³/mol. The zero-order chi connectivity index (χ0) is 16.3. The summed E-state index contributed by atoms with van der Waals surface area (Å²) in [7, 11) is -1.09. The van der Waals surface area contributed by atoms with E-state index in [1.165, 1.54) is 32.4 Å². The number of methoxy groups -OCH3 is 2. The molecule has 0 aliphatic carbocycles. The van der Waals surface area contributed by atoms with E-state index in [-0.39, 0.29) is 23.6 Å². The Labute approximate surface area is 129 Å². The number of benzene rings is 1. The van der Waals surface area contributed by atoms with Crippen LogP contribution < -0.4 is 14.6 Å². The molecular weight excluding hydrogens is 310 g/mol. The molecule has 8 heteroatoms. The number of aliphatic carboxylic acids is 1. The number of hydrogen-bond donors (Lipinski definition) is 0. The van der Waals surface area contributed by atoms with E-state index in [0.29, 0.717) is 18.6 Å². The molecule has 0 radical (unpaired) electrons. The van der Waals surface area contributed by atoms with Crippen molar-refractivity contribution < 1.29 is 27.8 Å². The highest BCUT2D eigenvalue weighted by atomic mass is 32.2. The SMILES string of the molecule is COc1ccc(S(=O)(=O)N2CCCCC2C(=O)[O-])cc1OC. The minimum absolute atomic E-state index is 0.0294. The third-order valence-corrected chi connectivity index (χ3v) is 5.59. The second kappa shape index (κ2) is 6.53. The summed E-state index contributed by atoms with van der Waals surface area (Å²) in [6, 6.07) is 3.04. The maximum absolute atomic E-state index is 12.7. The number of ether oxygens (including phenoxy) is 2. The highest BCUT2D eigenvalue weighted by molar-refractivity contribution is 7.89. The van der Waals surface area contributed by atoms with Crippen molar-refractivity contribution in [1.29, 1.82) is 0 Å². The summed E-state index contributed by atoms with van der Waals surface area (Å²) in [6.45, 7) is 0.162. The Kier molecular flexibility index (Phi) is 4.92. The monoisotopic (exact) mass is 328 g/mol. The summed E-state index contributed by atoms with van der Waals surface area (Å²) in [5.41, 5.74) is 0. The van der Waals surface area contributed by atoms with Gasteiger partial charge in [-0.1, -0.05) is 6.42 Å². The molecule has 0 bridgehead atoms. The molecule has 0 aromatic heterocycles. The van der Waals surface area contributed by atoms with Crippen molar-refractivity contribution in [3.05, 3.63) is 18.2 Å². The molecule has 0 N–H and O–H groups in total. The first-order chi connectivity index (χ1) is 10.4. The first-order valence-electron chi connectivity index (χ1n) is 6.86. The Morgan fingerprint density at radius 2 is 1.91 bits per heavy atom. The van der Waals surface area contributed by atoms with Gasteiger partial charge in [-0.15, -0.1) is 0 Å². The Balaban J connectivity index is 2.42. The molecule has 0 saturated carbocycles. The third kappa shape index (κ3) is 3.02. The van der Waals surface area contributed by atoms with Gasteiger partial charge in [-0.3, -0.25) is 0 Å². The van der Waals surface area contributed by atoms with Gasteiger partial charge < -0.3 is 19.4 Å². The molecule has 22 heavy (non-hydrogen) atoms. The number of rotatable bonds is 5. The minimum Gasteiger partial charge on any atom is -0.548 e. The lowest BCUT2D eigenvalue weighted by molar-refractivity contribution is -0.311. The van der Waals surface area contributed by atoms with E-state index in [0.717, 1.165) is 4.31 Å². The molecule has 1 aliphatic heterocycles. The van der Waals surface area contributed by atoms with Crippen molar-refractivity contribution >= 4 is 16.0 Å². The van der Waals surface area contributed by atoms with Gasteiger partial charge in [0.1, 0.15) is 0 Å². The second-order valence-electron chi connectivity index (χ2n) is 4.96. The smallest absolute Gasteiger partial charge is 0.243 e. The van der Waals surface area contributed by atoms with E-state index >= 15 is 0 Å². The van der Waals surface area contributed by atoms with Crippen LogP contribution in [0.3, 0.4) is 0 Å². The van der Waals surface area contributed by atoms with Gasteiger partial charge in [0.05, 0.1) is 31.1 Å². The van der Waals surface area contributed by atoms with Gasteiger partial charge in [-0.25, -0.2) is 8.42 Å². The van der Waals surface area contributed by atoms with Crippen molar-refractivity contribution in [1.82, 2.24) is 4.31 Å². The molecule has 1 saturated heterocycles. The van der Waals surface area contributed by atoms with Gasteiger partial charge in [0, 0.05) is 12.6 Å². The number of nitrogens with zero attached hydrogens (tertiary/aromatic N) is 1. The minimum atomic E-state index is -3.94. The fourth-order valence-corrected chi connectivity index (χ4v) is 4.20. The van der Waals surface area contributed by atoms with Crippen molar-refractivity contribution in [2.24, 2.45) is 0 Å². The summed E-state index contributed by atoms with van der Waals surface area (Å²) >= 11 is 0. The Hall–Kier alpha value is -1.80. The lowest BCUT2D eigenvalue weighted by atomic mass is 10.1. The van der Waals surface area contributed by atoms with Crippen LogP contribution in [-0.4, -0.2) is 45.5 Å². The first-order valence-corrected chi connectivity index (χ1v) is 8.30. The number of sulfonamides is 1. The lowest BCUT2D eigenvalue weighted by Crippen LogP contribution is -2.52. The highest BCUT2D eigenvalue weighted by Gasteiger charge is 2.34. The van der Waals surface area contributed by atoms with Crippen LogP contribution in [0.15, 0.2) is 23.1 Å². The van der Waals surface area contributed by atoms with Crippen molar-refractivity contribution in [2.75, 3.05) is 20.8 Å². The molecule has 1 aromatic rings. The molecule has 7 nitrogen and oxygen atoms in total. The van der Waals surface area contributed by atoms with Gasteiger partial charge in [-0.2, -0.15) is 4.31 Å². The Morgan fingerprint density at radius 1 is 1.23 bits per heavy atom. The van der Waals surface area contributed by atoms with Gasteiger partial charge in [0.2, 0.25) is 10.0 Å². The normalized spacial score (nSPS) is 19.6. The Morgan fingerprint density at radius 3 is 2.50 bits per heavy atom. The van der Waals surface area contributed by atoms with Crippen LogP contribution in [0, 0.1) is 0 Å². The first kappa shape index (κ1) is 16.6. The van der Waals surface area contributed by atoms with Crippen LogP contribution in [0.5, 0.6) is 11.5 Å². The average molecular weight is 328 g/mol. The zero-order valence-electron chi connectivity index (χ0n) is 12.4. The maximum Gasteiger partial charge on any atom is 0.243 e. The van der Waals surface area contributed by atoms with E-state index in [1.807, 2.05) is 0 Å². The summed E-state index contributed by atoms with van der Waals surface area (Å²) in [6.07, 6.45) is 1.54. The van der Waals surface area contributed by atoms with Crippen LogP contribution in [0.2, 0.25) is 0 Å². The van der Waals surface area contributed by atoms with E-state index in [2.05, 4.69) is 0 Å². The van der Waals surface area contributed by atoms with Crippen molar-refractivity contribution in [2.45, 2.75) is 30.2 Å². The number of hydrogen-bond acceptors (Lipinski definition) is 6. The summed E-state index contributed by atoms with van der Waals surface area (Å²) in [5, 5.41) is 11.2. The van der Waals surface area contributed by atoms with Gasteiger partial charge in [0.15, 0.2) is 11.5 Å². The largest absolute Gasteiger partial charge is 0.548 e. The number of carbonyl (C=O) groups excluding carboxylic acids is 1. The molecule has 1 heterocycles. The Bertz CT molecular complexity index is 657. The van der Waals surface area contributed by atoms with Crippen LogP contribution in [0.4, 0.5) is 0 Å². The molecule has 1 unspecified atom stereocenters. The van der Waals surface area contributed by atoms with Crippen molar-refractivity contribution in [3.63, 3.8) is 0 Å². The summed E-state index contributed by atoms with van der Waals surface area (Å²) in [4.78, 5) is 11.2. The van der Waals surface area contributed by atoms with E-state index in [4.69, 9.17) is 9.47 Å². The maximum atomic E-state index is 12.7. The zero-order valence-corrected chi connectivity index (χ0v) is 13.3. The van der Waals surface area contributed by atoms with Crippen LogP contribution in [-0.2, 0) is 14.8 Å². The number of piperidine rings is 1. The average Bonchev–Trinajstić information content (AvgIpc) is 2.54. The highest BCUT2D eigenvalue weighted by Crippen LogP contribution is 2.32. The summed E-state index contributed by atoms with van der Waals surface area (Å²) < 4.78 is 36.6. The lowest BCUT2D eigenvalue weighted by Gasteiger charge is -2.35. The van der Waals surface area contributed by atoms with Crippen molar-refractivity contribution in [3.8, 4) is 11.5 Å². The number of carbonyl (C=O) groups is 1. The molecule has 1 aliphatic rings. The quantitative estimate of drug-likeness (QED) is 0.755. The molecular formula is C14H18NO6S-. The molecule has 2 rings (SSSR count). The van der Waals surface area contributed by atoms with Crippen LogP contribution in [0.1, 0.15) is 19.3 Å². The summed E-state index contributed by atoms with van der Waals surface area (Å²) in [5.74, 6) is -0.703. The fraction of sp³-hybridized carbons (Fsp3) is 0.500. The fourth-order valence-electron chi connectivity index (χ4n) is 2.54. The molecule has 0 spiro atoms. The second-order valence-corrected chi connectivity index (χ2v) is 6.85. The molecule has 1 aromatic carbocycles. The number of carboxylic acid groups (broad SMARTS) is 1. The van der Waals surface area contributed by atoms with Gasteiger partial charge in [-0.05, 0) is 25.0 Å². The predicted octanol–water partition coefficient (Wildman–Crippen LogP) is -0.00310.